The number of alkyl halides is 3. The molecule has 0 atom stereocenters. The van der Waals surface area contributed by atoms with Gasteiger partial charge < -0.3 is 14.4 Å². The second-order valence-electron chi connectivity index (χ2n) is 11.6. The quantitative estimate of drug-likeness (QED) is 0.168. The monoisotopic (exact) mass is 613 g/mol. The number of allylic oxidation sites excluding steroid dienone is 1. The highest BCUT2D eigenvalue weighted by molar-refractivity contribution is 6.05. The van der Waals surface area contributed by atoms with E-state index in [9.17, 15) is 23.1 Å². The smallest absolute Gasteiger partial charge is 0.449 e. The molecule has 0 bridgehead atoms. The Hall–Kier alpha value is -4.92. The zero-order valence-corrected chi connectivity index (χ0v) is 25.6. The summed E-state index contributed by atoms with van der Waals surface area (Å²) >= 11 is 0. The molecule has 0 aliphatic heterocycles. The number of fused-ring (bicyclic) bond motifs is 1. The summed E-state index contributed by atoms with van der Waals surface area (Å²) in [6.07, 6.45) is -2.44. The third kappa shape index (κ3) is 6.62. The Morgan fingerprint density at radius 2 is 1.69 bits per heavy atom. The highest BCUT2D eigenvalue weighted by Crippen LogP contribution is 2.33. The molecule has 3 heterocycles. The van der Waals surface area contributed by atoms with Gasteiger partial charge in [-0.25, -0.2) is 0 Å². The Balaban J connectivity index is 1.50. The SMILES string of the molecule is C=C(O)C(C)(C)c1cccc(-c2ccc(CN(Cc3ccc(C(F)(F)F)o3)C(=O)c3cc(CC)nc4c(C)ccnc34)cc2)c1. The van der Waals surface area contributed by atoms with Crippen molar-refractivity contribution in [1.82, 2.24) is 14.9 Å². The van der Waals surface area contributed by atoms with Crippen LogP contribution >= 0.6 is 0 Å². The second-order valence-corrected chi connectivity index (χ2v) is 11.6. The molecule has 9 heteroatoms. The zero-order chi connectivity index (χ0) is 32.5. The van der Waals surface area contributed by atoms with Crippen LogP contribution in [0.1, 0.15) is 65.0 Å². The van der Waals surface area contributed by atoms with Crippen LogP contribution < -0.4 is 0 Å². The lowest BCUT2D eigenvalue weighted by Crippen LogP contribution is -2.30. The summed E-state index contributed by atoms with van der Waals surface area (Å²) in [5.41, 5.74) is 5.85. The van der Waals surface area contributed by atoms with Crippen molar-refractivity contribution in [1.29, 1.82) is 0 Å². The third-order valence-electron chi connectivity index (χ3n) is 8.08. The minimum atomic E-state index is -4.64. The van der Waals surface area contributed by atoms with Crippen LogP contribution in [-0.4, -0.2) is 25.9 Å². The lowest BCUT2D eigenvalue weighted by Gasteiger charge is -2.24. The van der Waals surface area contributed by atoms with Gasteiger partial charge in [-0.15, -0.1) is 0 Å². The van der Waals surface area contributed by atoms with Gasteiger partial charge in [-0.1, -0.05) is 62.0 Å². The number of aliphatic hydroxyl groups excluding tert-OH is 1. The Labute approximate surface area is 259 Å². The van der Waals surface area contributed by atoms with Crippen LogP contribution in [0.25, 0.3) is 22.2 Å². The topological polar surface area (TPSA) is 79.5 Å². The summed E-state index contributed by atoms with van der Waals surface area (Å²) in [4.78, 5) is 24.8. The molecule has 0 spiro atoms. The minimum absolute atomic E-state index is 0.00964. The number of pyridine rings is 2. The summed E-state index contributed by atoms with van der Waals surface area (Å²) in [5, 5.41) is 10.1. The molecule has 3 aromatic heterocycles. The molecule has 5 aromatic rings. The highest BCUT2D eigenvalue weighted by atomic mass is 19.4. The van der Waals surface area contributed by atoms with Gasteiger partial charge in [0, 0.05) is 23.9 Å². The number of nitrogens with zero attached hydrogens (tertiary/aromatic N) is 3. The van der Waals surface area contributed by atoms with Gasteiger partial charge in [0.1, 0.15) is 11.3 Å². The number of hydrogen-bond donors (Lipinski definition) is 1. The van der Waals surface area contributed by atoms with E-state index in [1.807, 2.05) is 82.3 Å². The van der Waals surface area contributed by atoms with Crippen molar-refractivity contribution in [3.05, 3.63) is 131 Å². The number of aliphatic hydroxyl groups is 1. The van der Waals surface area contributed by atoms with Gasteiger partial charge in [0.05, 0.1) is 23.4 Å². The zero-order valence-electron chi connectivity index (χ0n) is 25.6. The van der Waals surface area contributed by atoms with Crippen LogP contribution in [0.5, 0.6) is 0 Å². The number of carbonyl (C=O) groups is 1. The number of aryl methyl sites for hydroxylation is 2. The van der Waals surface area contributed by atoms with Gasteiger partial charge in [-0.2, -0.15) is 13.2 Å². The van der Waals surface area contributed by atoms with Gasteiger partial charge in [-0.3, -0.25) is 14.8 Å². The van der Waals surface area contributed by atoms with E-state index in [1.54, 1.807) is 12.3 Å². The molecular formula is C36H34F3N3O3. The van der Waals surface area contributed by atoms with Gasteiger partial charge >= 0.3 is 6.18 Å². The van der Waals surface area contributed by atoms with E-state index in [0.717, 1.165) is 33.9 Å². The molecule has 2 aromatic carbocycles. The lowest BCUT2D eigenvalue weighted by atomic mass is 9.82. The van der Waals surface area contributed by atoms with Crippen LogP contribution in [0, 0.1) is 6.92 Å². The molecule has 232 valence electrons. The van der Waals surface area contributed by atoms with E-state index < -0.39 is 23.3 Å². The Morgan fingerprint density at radius 1 is 0.956 bits per heavy atom. The van der Waals surface area contributed by atoms with E-state index in [4.69, 9.17) is 4.42 Å². The molecule has 45 heavy (non-hydrogen) atoms. The van der Waals surface area contributed by atoms with Crippen molar-refractivity contribution < 1.29 is 27.5 Å². The normalized spacial score (nSPS) is 12.0. The van der Waals surface area contributed by atoms with Crippen LogP contribution in [0.4, 0.5) is 13.2 Å². The largest absolute Gasteiger partial charge is 0.512 e. The summed E-state index contributed by atoms with van der Waals surface area (Å²) < 4.78 is 45.0. The molecular weight excluding hydrogens is 579 g/mol. The van der Waals surface area contributed by atoms with E-state index in [0.29, 0.717) is 28.7 Å². The molecule has 0 fully saturated rings. The van der Waals surface area contributed by atoms with E-state index in [-0.39, 0.29) is 24.6 Å². The molecule has 6 nitrogen and oxygen atoms in total. The number of halogens is 3. The average Bonchev–Trinajstić information content (AvgIpc) is 3.50. The number of rotatable bonds is 9. The average molecular weight is 614 g/mol. The molecule has 1 N–H and O–H groups in total. The highest BCUT2D eigenvalue weighted by Gasteiger charge is 2.35. The molecule has 0 saturated carbocycles. The predicted octanol–water partition coefficient (Wildman–Crippen LogP) is 8.97. The number of amides is 1. The summed E-state index contributed by atoms with van der Waals surface area (Å²) in [6, 6.07) is 21.1. The van der Waals surface area contributed by atoms with E-state index in [2.05, 4.69) is 16.5 Å². The number of aromatic nitrogens is 2. The third-order valence-corrected chi connectivity index (χ3v) is 8.08. The number of benzene rings is 2. The molecule has 0 aliphatic carbocycles. The second kappa shape index (κ2) is 12.2. The minimum Gasteiger partial charge on any atom is -0.512 e. The molecule has 0 radical (unpaired) electrons. The molecule has 0 saturated heterocycles. The van der Waals surface area contributed by atoms with Crippen molar-refractivity contribution in [3.63, 3.8) is 0 Å². The number of furan rings is 1. The number of carbonyl (C=O) groups excluding carboxylic acids is 1. The van der Waals surface area contributed by atoms with Gasteiger partial charge in [0.15, 0.2) is 0 Å². The standard InChI is InChI=1S/C36H34F3N3O3/c1-6-28-19-30(33-32(41-28)22(2)16-17-40-33)34(44)42(21-29-14-15-31(45-29)36(37,38)39)20-24-10-12-25(13-11-24)26-8-7-9-27(18-26)35(4,5)23(3)43/h7-19,43H,3,6,20-21H2,1-2,4-5H3. The van der Waals surface area contributed by atoms with Crippen molar-refractivity contribution in [2.24, 2.45) is 0 Å². The summed E-state index contributed by atoms with van der Waals surface area (Å²) in [6.45, 7) is 11.2. The molecule has 0 aliphatic rings. The summed E-state index contributed by atoms with van der Waals surface area (Å²) in [5.74, 6) is -1.44. The van der Waals surface area contributed by atoms with Crippen molar-refractivity contribution in [2.75, 3.05) is 0 Å². The first-order valence-electron chi connectivity index (χ1n) is 14.6. The lowest BCUT2D eigenvalue weighted by molar-refractivity contribution is -0.153. The van der Waals surface area contributed by atoms with Gasteiger partial charge in [-0.05, 0) is 79.3 Å². The van der Waals surface area contributed by atoms with E-state index in [1.165, 1.54) is 11.0 Å². The molecule has 5 rings (SSSR count). The number of hydrogen-bond acceptors (Lipinski definition) is 5. The van der Waals surface area contributed by atoms with E-state index >= 15 is 0 Å². The van der Waals surface area contributed by atoms with Gasteiger partial charge in [0.25, 0.3) is 5.91 Å². The Morgan fingerprint density at radius 3 is 2.33 bits per heavy atom. The first-order valence-corrected chi connectivity index (χ1v) is 14.6. The van der Waals surface area contributed by atoms with Crippen LogP contribution in [0.3, 0.4) is 0 Å². The maximum Gasteiger partial charge on any atom is 0.449 e. The van der Waals surface area contributed by atoms with Crippen LogP contribution in [-0.2, 0) is 31.1 Å². The van der Waals surface area contributed by atoms with Crippen LogP contribution in [0.2, 0.25) is 0 Å². The fourth-order valence-electron chi connectivity index (χ4n) is 5.09. The van der Waals surface area contributed by atoms with Crippen molar-refractivity contribution in [2.45, 2.75) is 58.8 Å². The molecule has 0 unspecified atom stereocenters. The Bertz CT molecular complexity index is 1870. The van der Waals surface area contributed by atoms with Crippen LogP contribution in [0.15, 0.2) is 95.7 Å². The fraction of sp³-hybridized carbons (Fsp3) is 0.250. The molecule has 1 amide bonds. The van der Waals surface area contributed by atoms with Gasteiger partial charge in [0.2, 0.25) is 5.76 Å². The summed E-state index contributed by atoms with van der Waals surface area (Å²) in [7, 11) is 0. The maximum absolute atomic E-state index is 14.2. The van der Waals surface area contributed by atoms with Crippen molar-refractivity contribution >= 4 is 16.9 Å². The fourth-order valence-corrected chi connectivity index (χ4v) is 5.09. The predicted molar refractivity (Wildman–Crippen MR) is 168 cm³/mol. The first-order chi connectivity index (χ1) is 21.3. The Kier molecular flexibility index (Phi) is 8.56. The first kappa shape index (κ1) is 31.5. The maximum atomic E-state index is 14.2. The van der Waals surface area contributed by atoms with Crippen molar-refractivity contribution in [3.8, 4) is 11.1 Å².